The van der Waals surface area contributed by atoms with Gasteiger partial charge in [0.2, 0.25) is 5.91 Å². The van der Waals surface area contributed by atoms with Crippen LogP contribution in [0, 0.1) is 0 Å². The third-order valence-electron chi connectivity index (χ3n) is 2.86. The van der Waals surface area contributed by atoms with Crippen LogP contribution >= 0.6 is 0 Å². The molecule has 0 bridgehead atoms. The number of carbonyl (C=O) groups is 1. The van der Waals surface area contributed by atoms with Crippen molar-refractivity contribution in [2.75, 3.05) is 6.54 Å². The Morgan fingerprint density at radius 3 is 2.68 bits per heavy atom. The number of carbonyl (C=O) groups excluding carboxylic acids is 1. The first-order chi connectivity index (χ1) is 9.25. The van der Waals surface area contributed by atoms with E-state index in [0.717, 1.165) is 11.3 Å². The van der Waals surface area contributed by atoms with E-state index >= 15 is 0 Å². The van der Waals surface area contributed by atoms with Crippen molar-refractivity contribution in [1.29, 1.82) is 0 Å². The van der Waals surface area contributed by atoms with E-state index in [1.807, 2.05) is 36.4 Å². The summed E-state index contributed by atoms with van der Waals surface area (Å²) >= 11 is 0. The fourth-order valence-electron chi connectivity index (χ4n) is 1.78. The smallest absolute Gasteiger partial charge is 0.220 e. The minimum Gasteiger partial charge on any atom is -0.469 e. The van der Waals surface area contributed by atoms with Crippen molar-refractivity contribution in [1.82, 2.24) is 5.32 Å². The number of aryl methyl sites for hydroxylation is 1. The van der Waals surface area contributed by atoms with Crippen molar-refractivity contribution in [2.45, 2.75) is 18.9 Å². The first kappa shape index (κ1) is 13.4. The van der Waals surface area contributed by atoms with Crippen molar-refractivity contribution < 1.29 is 14.3 Å². The average Bonchev–Trinajstić information content (AvgIpc) is 2.96. The molecule has 19 heavy (non-hydrogen) atoms. The number of nitrogens with one attached hydrogen (secondary N) is 1. The van der Waals surface area contributed by atoms with Gasteiger partial charge in [-0.25, -0.2) is 0 Å². The van der Waals surface area contributed by atoms with Crippen LogP contribution in [0.25, 0.3) is 0 Å². The molecule has 1 unspecified atom stereocenters. The summed E-state index contributed by atoms with van der Waals surface area (Å²) in [5.41, 5.74) is 0.800. The Morgan fingerprint density at radius 1 is 1.21 bits per heavy atom. The van der Waals surface area contributed by atoms with Crippen LogP contribution in [0.3, 0.4) is 0 Å². The summed E-state index contributed by atoms with van der Waals surface area (Å²) in [5.74, 6) is 0.699. The Morgan fingerprint density at radius 2 is 2.00 bits per heavy atom. The van der Waals surface area contributed by atoms with Crippen LogP contribution in [-0.2, 0) is 11.2 Å². The predicted molar refractivity (Wildman–Crippen MR) is 71.4 cm³/mol. The lowest BCUT2D eigenvalue weighted by molar-refractivity contribution is -0.121. The first-order valence-electron chi connectivity index (χ1n) is 6.28. The van der Waals surface area contributed by atoms with Crippen molar-refractivity contribution in [3.8, 4) is 0 Å². The van der Waals surface area contributed by atoms with Gasteiger partial charge in [-0.2, -0.15) is 0 Å². The number of hydrogen-bond donors (Lipinski definition) is 2. The average molecular weight is 259 g/mol. The highest BCUT2D eigenvalue weighted by molar-refractivity contribution is 5.76. The van der Waals surface area contributed by atoms with Crippen molar-refractivity contribution in [3.05, 3.63) is 60.1 Å². The normalized spacial score (nSPS) is 12.1. The molecule has 2 N–H and O–H groups in total. The molecule has 1 aromatic heterocycles. The SMILES string of the molecule is O=C(CCc1ccco1)NCC(O)c1ccccc1. The summed E-state index contributed by atoms with van der Waals surface area (Å²) in [6, 6.07) is 12.9. The third kappa shape index (κ3) is 4.26. The summed E-state index contributed by atoms with van der Waals surface area (Å²) in [6.07, 6.45) is 1.84. The second-order valence-corrected chi connectivity index (χ2v) is 4.31. The summed E-state index contributed by atoms with van der Waals surface area (Å²) in [6.45, 7) is 0.223. The molecule has 4 nitrogen and oxygen atoms in total. The molecule has 4 heteroatoms. The molecule has 0 aliphatic carbocycles. The molecular formula is C15H17NO3. The van der Waals surface area contributed by atoms with E-state index in [0.29, 0.717) is 12.8 Å². The van der Waals surface area contributed by atoms with E-state index in [9.17, 15) is 9.90 Å². The quantitative estimate of drug-likeness (QED) is 0.834. The Labute approximate surface area is 112 Å². The Balaban J connectivity index is 1.71. The number of rotatable bonds is 6. The van der Waals surface area contributed by atoms with E-state index in [1.165, 1.54) is 0 Å². The lowest BCUT2D eigenvalue weighted by Gasteiger charge is -2.11. The van der Waals surface area contributed by atoms with Crippen LogP contribution in [0.1, 0.15) is 23.8 Å². The predicted octanol–water partition coefficient (Wildman–Crippen LogP) is 2.06. The molecule has 2 aromatic rings. The summed E-state index contributed by atoms with van der Waals surface area (Å²) in [7, 11) is 0. The van der Waals surface area contributed by atoms with Crippen molar-refractivity contribution in [3.63, 3.8) is 0 Å². The summed E-state index contributed by atoms with van der Waals surface area (Å²) < 4.78 is 5.15. The topological polar surface area (TPSA) is 62.5 Å². The Bertz CT molecular complexity index is 493. The van der Waals surface area contributed by atoms with Gasteiger partial charge in [0.15, 0.2) is 0 Å². The van der Waals surface area contributed by atoms with Gasteiger partial charge in [0, 0.05) is 19.4 Å². The number of benzene rings is 1. The number of hydrogen-bond acceptors (Lipinski definition) is 3. The molecule has 0 saturated carbocycles. The second kappa shape index (κ2) is 6.75. The fourth-order valence-corrected chi connectivity index (χ4v) is 1.78. The zero-order chi connectivity index (χ0) is 13.5. The van der Waals surface area contributed by atoms with Gasteiger partial charge in [-0.05, 0) is 17.7 Å². The van der Waals surface area contributed by atoms with Gasteiger partial charge in [0.05, 0.1) is 12.4 Å². The first-order valence-corrected chi connectivity index (χ1v) is 6.28. The number of aliphatic hydroxyl groups is 1. The molecule has 0 fully saturated rings. The highest BCUT2D eigenvalue weighted by atomic mass is 16.3. The molecule has 0 spiro atoms. The molecule has 1 amide bonds. The molecule has 0 aliphatic rings. The molecule has 1 aromatic carbocycles. The zero-order valence-corrected chi connectivity index (χ0v) is 10.6. The maximum Gasteiger partial charge on any atom is 0.220 e. The maximum absolute atomic E-state index is 11.6. The standard InChI is InChI=1S/C15H17NO3/c17-14(12-5-2-1-3-6-12)11-16-15(18)9-8-13-7-4-10-19-13/h1-7,10,14,17H,8-9,11H2,(H,16,18). The Hall–Kier alpha value is -2.07. The van der Waals surface area contributed by atoms with Gasteiger partial charge < -0.3 is 14.8 Å². The minimum atomic E-state index is -0.672. The maximum atomic E-state index is 11.6. The lowest BCUT2D eigenvalue weighted by atomic mass is 10.1. The number of furan rings is 1. The lowest BCUT2D eigenvalue weighted by Crippen LogP contribution is -2.28. The van der Waals surface area contributed by atoms with Crippen LogP contribution in [-0.4, -0.2) is 17.6 Å². The van der Waals surface area contributed by atoms with Crippen molar-refractivity contribution in [2.24, 2.45) is 0 Å². The van der Waals surface area contributed by atoms with Gasteiger partial charge >= 0.3 is 0 Å². The number of amides is 1. The van der Waals surface area contributed by atoms with Gasteiger partial charge in [-0.1, -0.05) is 30.3 Å². The molecular weight excluding hydrogens is 242 g/mol. The second-order valence-electron chi connectivity index (χ2n) is 4.31. The monoisotopic (exact) mass is 259 g/mol. The third-order valence-corrected chi connectivity index (χ3v) is 2.86. The van der Waals surface area contributed by atoms with Crippen LogP contribution < -0.4 is 5.32 Å². The van der Waals surface area contributed by atoms with Crippen LogP contribution in [0.2, 0.25) is 0 Å². The van der Waals surface area contributed by atoms with Crippen LogP contribution in [0.15, 0.2) is 53.1 Å². The molecule has 100 valence electrons. The van der Waals surface area contributed by atoms with E-state index in [4.69, 9.17) is 4.42 Å². The summed E-state index contributed by atoms with van der Waals surface area (Å²) in [4.78, 5) is 11.6. The minimum absolute atomic E-state index is 0.0913. The largest absolute Gasteiger partial charge is 0.469 e. The molecule has 1 atom stereocenters. The van der Waals surface area contributed by atoms with E-state index in [-0.39, 0.29) is 12.5 Å². The van der Waals surface area contributed by atoms with Crippen LogP contribution in [0.5, 0.6) is 0 Å². The van der Waals surface area contributed by atoms with E-state index in [1.54, 1.807) is 12.3 Å². The molecule has 2 rings (SSSR count). The van der Waals surface area contributed by atoms with Crippen molar-refractivity contribution >= 4 is 5.91 Å². The molecule has 0 radical (unpaired) electrons. The Kier molecular flexibility index (Phi) is 4.75. The van der Waals surface area contributed by atoms with Gasteiger partial charge in [-0.15, -0.1) is 0 Å². The highest BCUT2D eigenvalue weighted by Gasteiger charge is 2.09. The number of aliphatic hydroxyl groups excluding tert-OH is 1. The molecule has 0 aliphatic heterocycles. The van der Waals surface area contributed by atoms with Crippen LogP contribution in [0.4, 0.5) is 0 Å². The molecule has 1 heterocycles. The van der Waals surface area contributed by atoms with E-state index in [2.05, 4.69) is 5.32 Å². The van der Waals surface area contributed by atoms with Gasteiger partial charge in [0.1, 0.15) is 5.76 Å². The molecule has 0 saturated heterocycles. The van der Waals surface area contributed by atoms with Gasteiger partial charge in [-0.3, -0.25) is 4.79 Å². The van der Waals surface area contributed by atoms with Gasteiger partial charge in [0.25, 0.3) is 0 Å². The highest BCUT2D eigenvalue weighted by Crippen LogP contribution is 2.10. The fraction of sp³-hybridized carbons (Fsp3) is 0.267. The zero-order valence-electron chi connectivity index (χ0n) is 10.6. The summed E-state index contributed by atoms with van der Waals surface area (Å²) in [5, 5.41) is 12.6. The van der Waals surface area contributed by atoms with E-state index < -0.39 is 6.10 Å².